The molecule has 80 valence electrons. The highest BCUT2D eigenvalue weighted by Gasteiger charge is 2.13. The smallest absolute Gasteiger partial charge is 0.241 e. The van der Waals surface area contributed by atoms with Crippen molar-refractivity contribution in [2.75, 3.05) is 0 Å². The van der Waals surface area contributed by atoms with Crippen molar-refractivity contribution in [3.63, 3.8) is 0 Å². The van der Waals surface area contributed by atoms with Crippen molar-refractivity contribution in [1.82, 2.24) is 10.3 Å². The highest BCUT2D eigenvalue weighted by atomic mass is 16.2. The number of pyridine rings is 1. The number of aromatic nitrogens is 1. The molecule has 0 unspecified atom stereocenters. The maximum Gasteiger partial charge on any atom is 0.241 e. The van der Waals surface area contributed by atoms with Gasteiger partial charge in [-0.15, -0.1) is 0 Å². The zero-order valence-corrected chi connectivity index (χ0v) is 8.73. The standard InChI is InChI=1S/C11H15N3O/c1-8(2)14-11(15)10(12)7-9-5-3-4-6-13-9/h3-6,10H,1,7,12H2,2H3,(H,14,15)/t10-/m1/s1. The predicted octanol–water partition coefficient (Wildman–Crippen LogP) is 0.601. The van der Waals surface area contributed by atoms with Crippen molar-refractivity contribution in [3.8, 4) is 0 Å². The second kappa shape index (κ2) is 5.26. The maximum atomic E-state index is 11.4. The average Bonchev–Trinajstić information content (AvgIpc) is 2.18. The highest BCUT2D eigenvalue weighted by Crippen LogP contribution is 1.98. The van der Waals surface area contributed by atoms with Crippen molar-refractivity contribution >= 4 is 5.91 Å². The molecule has 1 amide bonds. The first-order valence-electron chi connectivity index (χ1n) is 4.71. The fourth-order valence-electron chi connectivity index (χ4n) is 1.14. The van der Waals surface area contributed by atoms with E-state index in [1.165, 1.54) is 0 Å². The van der Waals surface area contributed by atoms with E-state index < -0.39 is 6.04 Å². The molecule has 0 aromatic carbocycles. The molecule has 0 saturated heterocycles. The lowest BCUT2D eigenvalue weighted by Crippen LogP contribution is -2.41. The van der Waals surface area contributed by atoms with Crippen LogP contribution in [0.2, 0.25) is 0 Å². The molecule has 1 heterocycles. The quantitative estimate of drug-likeness (QED) is 0.756. The Morgan fingerprint density at radius 2 is 2.40 bits per heavy atom. The summed E-state index contributed by atoms with van der Waals surface area (Å²) in [5.41, 5.74) is 7.11. The van der Waals surface area contributed by atoms with E-state index in [2.05, 4.69) is 16.9 Å². The summed E-state index contributed by atoms with van der Waals surface area (Å²) in [7, 11) is 0. The van der Waals surface area contributed by atoms with Crippen LogP contribution in [0.15, 0.2) is 36.7 Å². The van der Waals surface area contributed by atoms with Gasteiger partial charge in [0.1, 0.15) is 0 Å². The lowest BCUT2D eigenvalue weighted by Gasteiger charge is -2.11. The zero-order chi connectivity index (χ0) is 11.3. The molecule has 0 aliphatic rings. The van der Waals surface area contributed by atoms with Gasteiger partial charge in [-0.1, -0.05) is 12.6 Å². The van der Waals surface area contributed by atoms with Crippen LogP contribution in [0.3, 0.4) is 0 Å². The van der Waals surface area contributed by atoms with Gasteiger partial charge in [-0.2, -0.15) is 0 Å². The number of rotatable bonds is 4. The summed E-state index contributed by atoms with van der Waals surface area (Å²) in [6.45, 7) is 5.30. The van der Waals surface area contributed by atoms with Crippen LogP contribution >= 0.6 is 0 Å². The Balaban J connectivity index is 2.52. The Morgan fingerprint density at radius 3 is 2.93 bits per heavy atom. The number of hydrogen-bond donors (Lipinski definition) is 2. The SMILES string of the molecule is C=C(C)NC(=O)[C@H](N)Cc1ccccn1. The van der Waals surface area contributed by atoms with E-state index in [0.717, 1.165) is 5.69 Å². The number of carbonyl (C=O) groups is 1. The molecule has 0 aliphatic carbocycles. The van der Waals surface area contributed by atoms with E-state index in [9.17, 15) is 4.79 Å². The Labute approximate surface area is 89.2 Å². The first kappa shape index (κ1) is 11.4. The Morgan fingerprint density at radius 1 is 1.67 bits per heavy atom. The van der Waals surface area contributed by atoms with Crippen molar-refractivity contribution in [1.29, 1.82) is 0 Å². The molecule has 0 aliphatic heterocycles. The van der Waals surface area contributed by atoms with Gasteiger partial charge in [-0.3, -0.25) is 9.78 Å². The lowest BCUT2D eigenvalue weighted by atomic mass is 10.1. The molecule has 1 rings (SSSR count). The molecule has 0 saturated carbocycles. The number of carbonyl (C=O) groups excluding carboxylic acids is 1. The monoisotopic (exact) mass is 205 g/mol. The second-order valence-corrected chi connectivity index (χ2v) is 3.40. The third-order valence-corrected chi connectivity index (χ3v) is 1.83. The number of hydrogen-bond acceptors (Lipinski definition) is 3. The Bertz CT molecular complexity index is 348. The van der Waals surface area contributed by atoms with E-state index in [-0.39, 0.29) is 5.91 Å². The number of allylic oxidation sites excluding steroid dienone is 1. The van der Waals surface area contributed by atoms with Gasteiger partial charge in [0, 0.05) is 24.0 Å². The first-order valence-corrected chi connectivity index (χ1v) is 4.71. The van der Waals surface area contributed by atoms with Crippen LogP contribution in [0, 0.1) is 0 Å². The predicted molar refractivity (Wildman–Crippen MR) is 58.9 cm³/mol. The molecule has 3 N–H and O–H groups in total. The number of nitrogens with one attached hydrogen (secondary N) is 1. The molecule has 1 atom stereocenters. The largest absolute Gasteiger partial charge is 0.329 e. The van der Waals surface area contributed by atoms with Gasteiger partial charge >= 0.3 is 0 Å². The van der Waals surface area contributed by atoms with Gasteiger partial charge in [0.25, 0.3) is 0 Å². The van der Waals surface area contributed by atoms with Gasteiger partial charge in [0.05, 0.1) is 6.04 Å². The molecule has 1 aromatic rings. The normalized spacial score (nSPS) is 11.9. The lowest BCUT2D eigenvalue weighted by molar-refractivity contribution is -0.121. The van der Waals surface area contributed by atoms with E-state index in [0.29, 0.717) is 12.1 Å². The van der Waals surface area contributed by atoms with E-state index in [4.69, 9.17) is 5.73 Å². The summed E-state index contributed by atoms with van der Waals surface area (Å²) in [5, 5.41) is 2.58. The molecule has 0 spiro atoms. The summed E-state index contributed by atoms with van der Waals surface area (Å²) in [4.78, 5) is 15.5. The molecule has 15 heavy (non-hydrogen) atoms. The van der Waals surface area contributed by atoms with E-state index >= 15 is 0 Å². The molecule has 0 bridgehead atoms. The van der Waals surface area contributed by atoms with Gasteiger partial charge in [0.15, 0.2) is 0 Å². The number of nitrogens with zero attached hydrogens (tertiary/aromatic N) is 1. The van der Waals surface area contributed by atoms with Gasteiger partial charge in [-0.05, 0) is 19.1 Å². The van der Waals surface area contributed by atoms with Crippen LogP contribution in [0.25, 0.3) is 0 Å². The van der Waals surface area contributed by atoms with Crippen LogP contribution < -0.4 is 11.1 Å². The van der Waals surface area contributed by atoms with Crippen molar-refractivity contribution in [3.05, 3.63) is 42.4 Å². The Hall–Kier alpha value is -1.68. The van der Waals surface area contributed by atoms with E-state index in [1.54, 1.807) is 13.1 Å². The van der Waals surface area contributed by atoms with Crippen LogP contribution in [0.4, 0.5) is 0 Å². The molecule has 0 radical (unpaired) electrons. The van der Waals surface area contributed by atoms with Crippen molar-refractivity contribution in [2.24, 2.45) is 5.73 Å². The summed E-state index contributed by atoms with van der Waals surface area (Å²) in [5.74, 6) is -0.229. The minimum Gasteiger partial charge on any atom is -0.329 e. The summed E-state index contributed by atoms with van der Waals surface area (Å²) in [6.07, 6.45) is 2.11. The minimum absolute atomic E-state index is 0.229. The third-order valence-electron chi connectivity index (χ3n) is 1.83. The fourth-order valence-corrected chi connectivity index (χ4v) is 1.14. The highest BCUT2D eigenvalue weighted by molar-refractivity contribution is 5.83. The van der Waals surface area contributed by atoms with Gasteiger partial charge in [0.2, 0.25) is 5.91 Å². The molecule has 1 aromatic heterocycles. The summed E-state index contributed by atoms with van der Waals surface area (Å²) >= 11 is 0. The van der Waals surface area contributed by atoms with Crippen LogP contribution in [0.5, 0.6) is 0 Å². The summed E-state index contributed by atoms with van der Waals surface area (Å²) < 4.78 is 0. The Kier molecular flexibility index (Phi) is 4.00. The average molecular weight is 205 g/mol. The van der Waals surface area contributed by atoms with Crippen LogP contribution in [-0.2, 0) is 11.2 Å². The van der Waals surface area contributed by atoms with E-state index in [1.807, 2.05) is 18.2 Å². The molecule has 4 nitrogen and oxygen atoms in total. The number of amides is 1. The molecule has 4 heteroatoms. The van der Waals surface area contributed by atoms with Crippen molar-refractivity contribution < 1.29 is 4.79 Å². The fraction of sp³-hybridized carbons (Fsp3) is 0.273. The third kappa shape index (κ3) is 3.91. The van der Waals surface area contributed by atoms with Crippen LogP contribution in [-0.4, -0.2) is 16.9 Å². The first-order chi connectivity index (χ1) is 7.09. The second-order valence-electron chi connectivity index (χ2n) is 3.40. The maximum absolute atomic E-state index is 11.4. The van der Waals surface area contributed by atoms with Crippen LogP contribution in [0.1, 0.15) is 12.6 Å². The van der Waals surface area contributed by atoms with Gasteiger partial charge in [-0.25, -0.2) is 0 Å². The molecule has 0 fully saturated rings. The molecular formula is C11H15N3O. The zero-order valence-electron chi connectivity index (χ0n) is 8.73. The van der Waals surface area contributed by atoms with Crippen molar-refractivity contribution in [2.45, 2.75) is 19.4 Å². The number of nitrogens with two attached hydrogens (primary N) is 1. The minimum atomic E-state index is -0.586. The topological polar surface area (TPSA) is 68.0 Å². The van der Waals surface area contributed by atoms with Gasteiger partial charge < -0.3 is 11.1 Å². The summed E-state index contributed by atoms with van der Waals surface area (Å²) in [6, 6.07) is 4.94. The molecular weight excluding hydrogens is 190 g/mol.